The lowest BCUT2D eigenvalue weighted by Crippen LogP contribution is -2.48. The van der Waals surface area contributed by atoms with Gasteiger partial charge in [0.1, 0.15) is 0 Å². The highest BCUT2D eigenvalue weighted by Gasteiger charge is 2.39. The predicted octanol–water partition coefficient (Wildman–Crippen LogP) is -0.698. The number of aliphatic carboxylic acids is 1. The lowest BCUT2D eigenvalue weighted by Gasteiger charge is -2.26. The van der Waals surface area contributed by atoms with Crippen LogP contribution in [-0.2, 0) is 9.59 Å². The summed E-state index contributed by atoms with van der Waals surface area (Å²) in [5, 5.41) is 18.2. The molecule has 0 saturated carbocycles. The number of nitrogens with zero attached hydrogens (tertiary/aromatic N) is 1. The first-order valence-corrected chi connectivity index (χ1v) is 4.63. The van der Waals surface area contributed by atoms with Crippen molar-refractivity contribution in [2.45, 2.75) is 25.5 Å². The van der Waals surface area contributed by atoms with E-state index in [-0.39, 0.29) is 24.8 Å². The van der Waals surface area contributed by atoms with Crippen LogP contribution >= 0.6 is 0 Å². The van der Waals surface area contributed by atoms with Gasteiger partial charge in [-0.3, -0.25) is 4.79 Å². The lowest BCUT2D eigenvalue weighted by atomic mass is 10.1. The lowest BCUT2D eigenvalue weighted by molar-refractivity contribution is -0.152. The SMILES string of the molecule is C#CC1CC(=O)N([C@@H](C(=O)O)[C@H](C)O)C1. The van der Waals surface area contributed by atoms with Gasteiger partial charge in [-0.2, -0.15) is 0 Å². The third-order valence-electron chi connectivity index (χ3n) is 2.44. The fourth-order valence-corrected chi connectivity index (χ4v) is 1.71. The minimum atomic E-state index is -1.21. The van der Waals surface area contributed by atoms with E-state index in [1.807, 2.05) is 0 Å². The minimum Gasteiger partial charge on any atom is -0.480 e. The van der Waals surface area contributed by atoms with E-state index in [1.54, 1.807) is 0 Å². The fraction of sp³-hybridized carbons (Fsp3) is 0.600. The van der Waals surface area contributed by atoms with Gasteiger partial charge in [0.2, 0.25) is 5.91 Å². The van der Waals surface area contributed by atoms with Crippen molar-refractivity contribution in [3.8, 4) is 12.3 Å². The predicted molar refractivity (Wildman–Crippen MR) is 51.8 cm³/mol. The molecule has 0 radical (unpaired) electrons. The van der Waals surface area contributed by atoms with Crippen molar-refractivity contribution in [2.24, 2.45) is 5.92 Å². The van der Waals surface area contributed by atoms with Crippen molar-refractivity contribution < 1.29 is 19.8 Å². The Bertz CT molecular complexity index is 318. The molecule has 0 aromatic carbocycles. The molecule has 0 aliphatic carbocycles. The Morgan fingerprint density at radius 2 is 2.33 bits per heavy atom. The molecule has 1 rings (SSSR count). The molecule has 15 heavy (non-hydrogen) atoms. The van der Waals surface area contributed by atoms with E-state index in [4.69, 9.17) is 11.5 Å². The van der Waals surface area contributed by atoms with Crippen LogP contribution in [0.1, 0.15) is 13.3 Å². The van der Waals surface area contributed by atoms with E-state index in [1.165, 1.54) is 6.92 Å². The number of carboxylic acids is 1. The maximum Gasteiger partial charge on any atom is 0.329 e. The van der Waals surface area contributed by atoms with Crippen molar-refractivity contribution in [2.75, 3.05) is 6.54 Å². The van der Waals surface area contributed by atoms with Gasteiger partial charge in [0.15, 0.2) is 6.04 Å². The van der Waals surface area contributed by atoms with E-state index < -0.39 is 18.1 Å². The van der Waals surface area contributed by atoms with Crippen molar-refractivity contribution in [1.29, 1.82) is 0 Å². The number of aliphatic hydroxyl groups is 1. The number of amides is 1. The van der Waals surface area contributed by atoms with Gasteiger partial charge in [-0.25, -0.2) is 4.79 Å². The van der Waals surface area contributed by atoms with Crippen LogP contribution in [-0.4, -0.2) is 45.7 Å². The molecule has 0 aromatic rings. The van der Waals surface area contributed by atoms with Crippen molar-refractivity contribution in [1.82, 2.24) is 4.90 Å². The summed E-state index contributed by atoms with van der Waals surface area (Å²) in [7, 11) is 0. The van der Waals surface area contributed by atoms with Crippen molar-refractivity contribution in [3.05, 3.63) is 0 Å². The third-order valence-corrected chi connectivity index (χ3v) is 2.44. The highest BCUT2D eigenvalue weighted by Crippen LogP contribution is 2.21. The molecule has 82 valence electrons. The second-order valence-electron chi connectivity index (χ2n) is 3.64. The quantitative estimate of drug-likeness (QED) is 0.605. The molecule has 5 nitrogen and oxygen atoms in total. The number of hydrogen-bond acceptors (Lipinski definition) is 3. The molecule has 0 bridgehead atoms. The molecule has 1 aliphatic rings. The van der Waals surface area contributed by atoms with Crippen LogP contribution < -0.4 is 0 Å². The van der Waals surface area contributed by atoms with Gasteiger partial charge in [-0.15, -0.1) is 12.3 Å². The smallest absolute Gasteiger partial charge is 0.329 e. The minimum absolute atomic E-state index is 0.160. The van der Waals surface area contributed by atoms with Crippen LogP contribution in [0.3, 0.4) is 0 Å². The Labute approximate surface area is 87.7 Å². The summed E-state index contributed by atoms with van der Waals surface area (Å²) < 4.78 is 0. The maximum atomic E-state index is 11.4. The maximum absolute atomic E-state index is 11.4. The van der Waals surface area contributed by atoms with Gasteiger partial charge in [-0.05, 0) is 6.92 Å². The average molecular weight is 211 g/mol. The molecule has 0 spiro atoms. The summed E-state index contributed by atoms with van der Waals surface area (Å²) in [4.78, 5) is 23.4. The van der Waals surface area contributed by atoms with Gasteiger partial charge < -0.3 is 15.1 Å². The van der Waals surface area contributed by atoms with Gasteiger partial charge in [0.25, 0.3) is 0 Å². The number of hydrogen-bond donors (Lipinski definition) is 2. The Hall–Kier alpha value is -1.54. The number of carbonyl (C=O) groups excluding carboxylic acids is 1. The molecule has 3 atom stereocenters. The van der Waals surface area contributed by atoms with Crippen LogP contribution in [0.15, 0.2) is 0 Å². The van der Waals surface area contributed by atoms with Crippen LogP contribution in [0.25, 0.3) is 0 Å². The molecule has 0 aromatic heterocycles. The Kier molecular flexibility index (Phi) is 3.32. The number of aliphatic hydroxyl groups excluding tert-OH is 1. The van der Waals surface area contributed by atoms with E-state index in [2.05, 4.69) is 5.92 Å². The third kappa shape index (κ3) is 2.28. The second kappa shape index (κ2) is 4.32. The van der Waals surface area contributed by atoms with E-state index >= 15 is 0 Å². The zero-order chi connectivity index (χ0) is 11.6. The summed E-state index contributed by atoms with van der Waals surface area (Å²) >= 11 is 0. The van der Waals surface area contributed by atoms with Gasteiger partial charge >= 0.3 is 5.97 Å². The molecular weight excluding hydrogens is 198 g/mol. The molecular formula is C10H13NO4. The van der Waals surface area contributed by atoms with E-state index in [9.17, 15) is 14.7 Å². The Morgan fingerprint density at radius 1 is 1.73 bits per heavy atom. The molecule has 1 unspecified atom stereocenters. The van der Waals surface area contributed by atoms with E-state index in [0.717, 1.165) is 4.90 Å². The molecule has 2 N–H and O–H groups in total. The molecule has 1 amide bonds. The molecule has 5 heteroatoms. The van der Waals surface area contributed by atoms with Crippen LogP contribution in [0.2, 0.25) is 0 Å². The topological polar surface area (TPSA) is 77.8 Å². The summed E-state index contributed by atoms with van der Waals surface area (Å²) in [5.41, 5.74) is 0. The van der Waals surface area contributed by atoms with Gasteiger partial charge in [0, 0.05) is 18.9 Å². The molecule has 1 heterocycles. The first-order chi connectivity index (χ1) is 6.97. The number of carboxylic acid groups (broad SMARTS) is 1. The van der Waals surface area contributed by atoms with Crippen LogP contribution in [0, 0.1) is 18.3 Å². The van der Waals surface area contributed by atoms with Crippen LogP contribution in [0.4, 0.5) is 0 Å². The standard InChI is InChI=1S/C10H13NO4/c1-3-7-4-8(13)11(5-7)9(6(2)12)10(14)15/h1,6-7,9,12H,4-5H2,2H3,(H,14,15)/t6-,7?,9+/m0/s1. The fourth-order valence-electron chi connectivity index (χ4n) is 1.71. The van der Waals surface area contributed by atoms with Crippen molar-refractivity contribution >= 4 is 11.9 Å². The number of carbonyl (C=O) groups is 2. The monoisotopic (exact) mass is 211 g/mol. The molecule has 1 saturated heterocycles. The number of likely N-dealkylation sites (tertiary alicyclic amines) is 1. The number of terminal acetylenes is 1. The Morgan fingerprint density at radius 3 is 2.67 bits per heavy atom. The Balaban J connectivity index is 2.83. The number of rotatable bonds is 3. The highest BCUT2D eigenvalue weighted by atomic mass is 16.4. The van der Waals surface area contributed by atoms with Crippen LogP contribution in [0.5, 0.6) is 0 Å². The second-order valence-corrected chi connectivity index (χ2v) is 3.64. The first kappa shape index (κ1) is 11.5. The summed E-state index contributed by atoms with van der Waals surface area (Å²) in [6.45, 7) is 1.55. The average Bonchev–Trinajstić information content (AvgIpc) is 2.46. The normalized spacial score (nSPS) is 24.7. The largest absolute Gasteiger partial charge is 0.480 e. The summed E-state index contributed by atoms with van der Waals surface area (Å²) in [5.74, 6) is 0.643. The molecule has 1 aliphatic heterocycles. The first-order valence-electron chi connectivity index (χ1n) is 4.63. The molecule has 1 fully saturated rings. The zero-order valence-corrected chi connectivity index (χ0v) is 8.38. The van der Waals surface area contributed by atoms with Gasteiger partial charge in [0.05, 0.1) is 6.10 Å². The summed E-state index contributed by atoms with van der Waals surface area (Å²) in [6, 6.07) is -1.20. The highest BCUT2D eigenvalue weighted by molar-refractivity contribution is 5.86. The summed E-state index contributed by atoms with van der Waals surface area (Å²) in [6.07, 6.45) is 4.22. The van der Waals surface area contributed by atoms with Gasteiger partial charge in [-0.1, -0.05) is 0 Å². The van der Waals surface area contributed by atoms with E-state index in [0.29, 0.717) is 0 Å². The van der Waals surface area contributed by atoms with Crippen molar-refractivity contribution in [3.63, 3.8) is 0 Å². The zero-order valence-electron chi connectivity index (χ0n) is 8.38.